The molecule has 3 nitrogen and oxygen atoms in total. The van der Waals surface area contributed by atoms with E-state index in [-0.39, 0.29) is 0 Å². The van der Waals surface area contributed by atoms with Gasteiger partial charge in [-0.15, -0.1) is 0 Å². The van der Waals surface area contributed by atoms with E-state index in [0.717, 1.165) is 11.5 Å². The number of hydrogen-bond acceptors (Lipinski definition) is 4. The summed E-state index contributed by atoms with van der Waals surface area (Å²) < 4.78 is 5.06. The van der Waals surface area contributed by atoms with Crippen LogP contribution in [-0.2, 0) is 4.74 Å². The van der Waals surface area contributed by atoms with Gasteiger partial charge in [0.2, 0.25) is 0 Å². The van der Waals surface area contributed by atoms with Crippen molar-refractivity contribution in [3.8, 4) is 6.07 Å². The van der Waals surface area contributed by atoms with Gasteiger partial charge >= 0.3 is 5.97 Å². The number of hydrogen-bond donors (Lipinski definition) is 0. The normalized spacial score (nSPS) is 9.50. The van der Waals surface area contributed by atoms with Gasteiger partial charge < -0.3 is 4.74 Å². The van der Waals surface area contributed by atoms with Crippen LogP contribution in [0.3, 0.4) is 0 Å². The molecule has 0 heterocycles. The molecule has 0 aliphatic rings. The highest BCUT2D eigenvalue weighted by Crippen LogP contribution is 2.09. The largest absolute Gasteiger partial charge is 0.461 e. The van der Waals surface area contributed by atoms with Crippen molar-refractivity contribution in [3.05, 3.63) is 35.4 Å². The quantitative estimate of drug-likeness (QED) is 0.581. The van der Waals surface area contributed by atoms with Crippen molar-refractivity contribution in [1.82, 2.24) is 0 Å². The Labute approximate surface area is 99.4 Å². The van der Waals surface area contributed by atoms with E-state index < -0.39 is 5.97 Å². The Hall–Kier alpha value is -1.47. The second-order valence-electron chi connectivity index (χ2n) is 2.99. The zero-order valence-corrected chi connectivity index (χ0v) is 9.92. The van der Waals surface area contributed by atoms with Crippen LogP contribution in [0.4, 0.5) is 0 Å². The molecule has 0 radical (unpaired) electrons. The predicted octanol–water partition coefficient (Wildman–Crippen LogP) is 2.47. The third kappa shape index (κ3) is 3.59. The Kier molecular flexibility index (Phi) is 5.44. The molecule has 16 heavy (non-hydrogen) atoms. The van der Waals surface area contributed by atoms with E-state index in [9.17, 15) is 4.79 Å². The lowest BCUT2D eigenvalue weighted by Gasteiger charge is -2.05. The number of ether oxygens (including phenoxy) is 1. The maximum absolute atomic E-state index is 11.6. The topological polar surface area (TPSA) is 50.1 Å². The van der Waals surface area contributed by atoms with Crippen LogP contribution in [-0.4, -0.2) is 24.1 Å². The molecule has 1 aromatic rings. The van der Waals surface area contributed by atoms with Crippen molar-refractivity contribution in [2.45, 2.75) is 6.92 Å². The van der Waals surface area contributed by atoms with Crippen molar-refractivity contribution in [3.63, 3.8) is 0 Å². The fourth-order valence-electron chi connectivity index (χ4n) is 1.17. The smallest absolute Gasteiger partial charge is 0.339 e. The van der Waals surface area contributed by atoms with Gasteiger partial charge in [-0.25, -0.2) is 4.79 Å². The highest BCUT2D eigenvalue weighted by molar-refractivity contribution is 7.99. The summed E-state index contributed by atoms with van der Waals surface area (Å²) in [5.74, 6) is 1.37. The van der Waals surface area contributed by atoms with Crippen LogP contribution in [0.1, 0.15) is 22.8 Å². The average molecular weight is 235 g/mol. The molecule has 0 aliphatic carbocycles. The summed E-state index contributed by atoms with van der Waals surface area (Å²) in [6, 6.07) is 8.63. The maximum atomic E-state index is 11.6. The van der Waals surface area contributed by atoms with Crippen LogP contribution >= 0.6 is 11.8 Å². The number of esters is 1. The Morgan fingerprint density at radius 2 is 2.25 bits per heavy atom. The molecule has 1 aromatic carbocycles. The number of carbonyl (C=O) groups is 1. The highest BCUT2D eigenvalue weighted by atomic mass is 32.2. The van der Waals surface area contributed by atoms with Gasteiger partial charge in [-0.1, -0.05) is 19.1 Å². The van der Waals surface area contributed by atoms with Crippen molar-refractivity contribution < 1.29 is 9.53 Å². The zero-order chi connectivity index (χ0) is 11.8. The van der Waals surface area contributed by atoms with Crippen molar-refractivity contribution in [1.29, 1.82) is 5.26 Å². The summed E-state index contributed by atoms with van der Waals surface area (Å²) in [6.45, 7) is 2.44. The number of benzene rings is 1. The molecule has 84 valence electrons. The third-order valence-electron chi connectivity index (χ3n) is 1.93. The standard InChI is InChI=1S/C12H13NO2S/c1-2-16-8-7-15-12(14)11-6-4-3-5-10(11)9-13/h3-6H,2,7-8H2,1H3. The van der Waals surface area contributed by atoms with E-state index in [0.29, 0.717) is 17.7 Å². The molecule has 1 rings (SSSR count). The molecular weight excluding hydrogens is 222 g/mol. The van der Waals surface area contributed by atoms with E-state index in [1.807, 2.05) is 6.07 Å². The van der Waals surface area contributed by atoms with Crippen LogP contribution < -0.4 is 0 Å². The predicted molar refractivity (Wildman–Crippen MR) is 64.4 cm³/mol. The minimum absolute atomic E-state index is 0.339. The first kappa shape index (κ1) is 12.6. The van der Waals surface area contributed by atoms with Crippen LogP contribution in [0, 0.1) is 11.3 Å². The van der Waals surface area contributed by atoms with E-state index in [1.54, 1.807) is 36.0 Å². The molecule has 0 amide bonds. The lowest BCUT2D eigenvalue weighted by molar-refractivity contribution is 0.0530. The van der Waals surface area contributed by atoms with Crippen LogP contribution in [0.2, 0.25) is 0 Å². The summed E-state index contributed by atoms with van der Waals surface area (Å²) >= 11 is 1.71. The van der Waals surface area contributed by atoms with Gasteiger partial charge in [-0.05, 0) is 17.9 Å². The maximum Gasteiger partial charge on any atom is 0.339 e. The number of carbonyl (C=O) groups excluding carboxylic acids is 1. The van der Waals surface area contributed by atoms with Crippen molar-refractivity contribution in [2.24, 2.45) is 0 Å². The molecule has 0 bridgehead atoms. The van der Waals surface area contributed by atoms with E-state index in [4.69, 9.17) is 10.00 Å². The van der Waals surface area contributed by atoms with E-state index in [1.165, 1.54) is 0 Å². The van der Waals surface area contributed by atoms with Gasteiger partial charge in [-0.2, -0.15) is 17.0 Å². The van der Waals surface area contributed by atoms with Gasteiger partial charge in [0, 0.05) is 5.75 Å². The zero-order valence-electron chi connectivity index (χ0n) is 9.10. The first-order chi connectivity index (χ1) is 7.79. The van der Waals surface area contributed by atoms with Crippen LogP contribution in [0.5, 0.6) is 0 Å². The van der Waals surface area contributed by atoms with Crippen LogP contribution in [0.15, 0.2) is 24.3 Å². The summed E-state index contributed by atoms with van der Waals surface area (Å²) in [5.41, 5.74) is 0.696. The Balaban J connectivity index is 2.56. The minimum Gasteiger partial charge on any atom is -0.461 e. The number of nitriles is 1. The molecule has 0 atom stereocenters. The molecule has 0 saturated carbocycles. The molecule has 0 saturated heterocycles. The minimum atomic E-state index is -0.422. The van der Waals surface area contributed by atoms with E-state index >= 15 is 0 Å². The molecule has 0 N–H and O–H groups in total. The Morgan fingerprint density at radius 1 is 1.50 bits per heavy atom. The van der Waals surface area contributed by atoms with Crippen LogP contribution in [0.25, 0.3) is 0 Å². The summed E-state index contributed by atoms with van der Waals surface area (Å²) in [4.78, 5) is 11.6. The second-order valence-corrected chi connectivity index (χ2v) is 4.38. The highest BCUT2D eigenvalue weighted by Gasteiger charge is 2.11. The average Bonchev–Trinajstić information content (AvgIpc) is 2.34. The lowest BCUT2D eigenvalue weighted by atomic mass is 10.1. The molecular formula is C12H13NO2S. The number of rotatable bonds is 5. The molecule has 0 spiro atoms. The molecule has 4 heteroatoms. The first-order valence-electron chi connectivity index (χ1n) is 5.03. The van der Waals surface area contributed by atoms with Gasteiger partial charge in [0.15, 0.2) is 0 Å². The fourth-order valence-corrected chi connectivity index (χ4v) is 1.66. The van der Waals surface area contributed by atoms with Crippen molar-refractivity contribution >= 4 is 17.7 Å². The molecule has 0 unspecified atom stereocenters. The fraction of sp³-hybridized carbons (Fsp3) is 0.333. The van der Waals surface area contributed by atoms with Gasteiger partial charge in [0.1, 0.15) is 12.7 Å². The molecule has 0 fully saturated rings. The molecule has 0 aliphatic heterocycles. The number of nitrogens with zero attached hydrogens (tertiary/aromatic N) is 1. The lowest BCUT2D eigenvalue weighted by Crippen LogP contribution is -2.09. The summed E-state index contributed by atoms with van der Waals surface area (Å²) in [5, 5.41) is 8.82. The SMILES string of the molecule is CCSCCOC(=O)c1ccccc1C#N. The summed E-state index contributed by atoms with van der Waals surface area (Å²) in [6.07, 6.45) is 0. The number of thioether (sulfide) groups is 1. The van der Waals surface area contributed by atoms with Gasteiger partial charge in [-0.3, -0.25) is 0 Å². The third-order valence-corrected chi connectivity index (χ3v) is 2.80. The van der Waals surface area contributed by atoms with Gasteiger partial charge in [0.25, 0.3) is 0 Å². The second kappa shape index (κ2) is 6.91. The first-order valence-corrected chi connectivity index (χ1v) is 6.19. The summed E-state index contributed by atoms with van der Waals surface area (Å²) in [7, 11) is 0. The molecule has 0 aromatic heterocycles. The van der Waals surface area contributed by atoms with Crippen molar-refractivity contribution in [2.75, 3.05) is 18.1 Å². The van der Waals surface area contributed by atoms with Gasteiger partial charge in [0.05, 0.1) is 11.1 Å². The van der Waals surface area contributed by atoms with E-state index in [2.05, 4.69) is 6.92 Å². The monoisotopic (exact) mass is 235 g/mol. The Morgan fingerprint density at radius 3 is 2.94 bits per heavy atom. The Bertz CT molecular complexity index is 398.